The van der Waals surface area contributed by atoms with E-state index in [1.54, 1.807) is 16.8 Å². The van der Waals surface area contributed by atoms with Crippen molar-refractivity contribution in [1.29, 1.82) is 0 Å². The molecule has 0 radical (unpaired) electrons. The standard InChI is InChI=1S/C21H22FN3O/c1-2-3-9-20(26)23-14-17-15-25(19-7-5-4-6-8-19)24-21(17)16-10-12-18(22)13-11-16/h4-8,10-13,15H,2-3,9,14H2,1H3,(H,23,26). The van der Waals surface area contributed by atoms with Gasteiger partial charge in [-0.1, -0.05) is 31.5 Å². The van der Waals surface area contributed by atoms with Crippen LogP contribution in [0.2, 0.25) is 0 Å². The normalized spacial score (nSPS) is 10.7. The molecule has 1 aromatic heterocycles. The van der Waals surface area contributed by atoms with Crippen LogP contribution in [-0.2, 0) is 11.3 Å². The average Bonchev–Trinajstić information content (AvgIpc) is 3.10. The maximum atomic E-state index is 13.3. The highest BCUT2D eigenvalue weighted by Gasteiger charge is 2.13. The summed E-state index contributed by atoms with van der Waals surface area (Å²) in [6.07, 6.45) is 4.30. The number of rotatable bonds is 7. The van der Waals surface area contributed by atoms with E-state index in [4.69, 9.17) is 0 Å². The zero-order valence-electron chi connectivity index (χ0n) is 14.8. The molecule has 4 nitrogen and oxygen atoms in total. The molecule has 0 atom stereocenters. The number of benzene rings is 2. The maximum Gasteiger partial charge on any atom is 0.220 e. The van der Waals surface area contributed by atoms with Crippen LogP contribution in [0.1, 0.15) is 31.7 Å². The van der Waals surface area contributed by atoms with Gasteiger partial charge in [0.2, 0.25) is 5.91 Å². The lowest BCUT2D eigenvalue weighted by Crippen LogP contribution is -2.22. The summed E-state index contributed by atoms with van der Waals surface area (Å²) >= 11 is 0. The molecule has 0 saturated carbocycles. The Labute approximate surface area is 152 Å². The lowest BCUT2D eigenvalue weighted by atomic mass is 10.1. The summed E-state index contributed by atoms with van der Waals surface area (Å²) in [7, 11) is 0. The van der Waals surface area contributed by atoms with Crippen molar-refractivity contribution in [1.82, 2.24) is 15.1 Å². The molecule has 0 saturated heterocycles. The molecule has 0 fully saturated rings. The van der Waals surface area contributed by atoms with Crippen LogP contribution in [0, 0.1) is 5.82 Å². The van der Waals surface area contributed by atoms with Gasteiger partial charge in [0.15, 0.2) is 0 Å². The number of carbonyl (C=O) groups is 1. The molecule has 0 bridgehead atoms. The molecule has 26 heavy (non-hydrogen) atoms. The van der Waals surface area contributed by atoms with E-state index in [1.807, 2.05) is 36.5 Å². The minimum absolute atomic E-state index is 0.0318. The fourth-order valence-electron chi connectivity index (χ4n) is 2.72. The quantitative estimate of drug-likeness (QED) is 0.682. The molecule has 5 heteroatoms. The second-order valence-corrected chi connectivity index (χ2v) is 6.17. The fourth-order valence-corrected chi connectivity index (χ4v) is 2.72. The third-order valence-electron chi connectivity index (χ3n) is 4.16. The van der Waals surface area contributed by atoms with Crippen molar-refractivity contribution in [3.8, 4) is 16.9 Å². The molecule has 0 aliphatic rings. The van der Waals surface area contributed by atoms with Crippen LogP contribution in [-0.4, -0.2) is 15.7 Å². The van der Waals surface area contributed by atoms with Crippen molar-refractivity contribution >= 4 is 5.91 Å². The van der Waals surface area contributed by atoms with Crippen molar-refractivity contribution in [2.75, 3.05) is 0 Å². The predicted octanol–water partition coefficient (Wildman–Crippen LogP) is 4.48. The zero-order chi connectivity index (χ0) is 18.4. The number of aromatic nitrogens is 2. The topological polar surface area (TPSA) is 46.9 Å². The van der Waals surface area contributed by atoms with Gasteiger partial charge in [-0.05, 0) is 42.8 Å². The monoisotopic (exact) mass is 351 g/mol. The molecule has 1 amide bonds. The Bertz CT molecular complexity index is 857. The Kier molecular flexibility index (Phi) is 5.79. The van der Waals surface area contributed by atoms with Crippen molar-refractivity contribution < 1.29 is 9.18 Å². The van der Waals surface area contributed by atoms with Crippen molar-refractivity contribution in [3.63, 3.8) is 0 Å². The molecule has 0 aliphatic carbocycles. The Balaban J connectivity index is 1.89. The maximum absolute atomic E-state index is 13.3. The molecule has 1 heterocycles. The summed E-state index contributed by atoms with van der Waals surface area (Å²) in [5.41, 5.74) is 3.38. The van der Waals surface area contributed by atoms with E-state index in [1.165, 1.54) is 12.1 Å². The van der Waals surface area contributed by atoms with Gasteiger partial charge in [-0.15, -0.1) is 0 Å². The van der Waals surface area contributed by atoms with Gasteiger partial charge in [0.1, 0.15) is 5.82 Å². The van der Waals surface area contributed by atoms with Gasteiger partial charge < -0.3 is 5.32 Å². The van der Waals surface area contributed by atoms with Crippen LogP contribution >= 0.6 is 0 Å². The van der Waals surface area contributed by atoms with Crippen molar-refractivity contribution in [2.45, 2.75) is 32.7 Å². The molecule has 2 aromatic carbocycles. The highest BCUT2D eigenvalue weighted by atomic mass is 19.1. The first-order valence-electron chi connectivity index (χ1n) is 8.84. The summed E-state index contributed by atoms with van der Waals surface area (Å²) in [5, 5.41) is 7.62. The van der Waals surface area contributed by atoms with Crippen molar-refractivity contribution in [2.24, 2.45) is 0 Å². The van der Waals surface area contributed by atoms with Gasteiger partial charge in [-0.3, -0.25) is 4.79 Å². The largest absolute Gasteiger partial charge is 0.352 e. The van der Waals surface area contributed by atoms with Gasteiger partial charge in [-0.25, -0.2) is 9.07 Å². The molecule has 134 valence electrons. The molecule has 3 rings (SSSR count). The van der Waals surface area contributed by atoms with Crippen LogP contribution in [0.25, 0.3) is 16.9 Å². The number of amides is 1. The molecular formula is C21H22FN3O. The molecule has 0 unspecified atom stereocenters. The lowest BCUT2D eigenvalue weighted by Gasteiger charge is -2.05. The fraction of sp³-hybridized carbons (Fsp3) is 0.238. The first-order chi connectivity index (χ1) is 12.7. The van der Waals surface area contributed by atoms with E-state index in [0.29, 0.717) is 13.0 Å². The number of para-hydroxylation sites is 1. The summed E-state index contributed by atoms with van der Waals surface area (Å²) in [4.78, 5) is 12.0. The zero-order valence-corrected chi connectivity index (χ0v) is 14.8. The van der Waals surface area contributed by atoms with E-state index in [9.17, 15) is 9.18 Å². The summed E-state index contributed by atoms with van der Waals surface area (Å²) in [6.45, 7) is 2.45. The minimum atomic E-state index is -0.286. The highest BCUT2D eigenvalue weighted by Crippen LogP contribution is 2.24. The lowest BCUT2D eigenvalue weighted by molar-refractivity contribution is -0.121. The predicted molar refractivity (Wildman–Crippen MR) is 100 cm³/mol. The molecule has 0 spiro atoms. The Morgan fingerprint density at radius 3 is 2.54 bits per heavy atom. The van der Waals surface area contributed by atoms with Crippen LogP contribution in [0.15, 0.2) is 60.8 Å². The van der Waals surface area contributed by atoms with Crippen LogP contribution in [0.5, 0.6) is 0 Å². The first kappa shape index (κ1) is 17.9. The smallest absolute Gasteiger partial charge is 0.220 e. The number of carbonyl (C=O) groups excluding carboxylic acids is 1. The van der Waals surface area contributed by atoms with Gasteiger partial charge in [-0.2, -0.15) is 5.10 Å². The average molecular weight is 351 g/mol. The Morgan fingerprint density at radius 1 is 1.12 bits per heavy atom. The number of unbranched alkanes of at least 4 members (excludes halogenated alkanes) is 1. The second kappa shape index (κ2) is 8.43. The third-order valence-corrected chi connectivity index (χ3v) is 4.16. The van der Waals surface area contributed by atoms with Crippen LogP contribution < -0.4 is 5.32 Å². The molecule has 3 aromatic rings. The number of nitrogens with zero attached hydrogens (tertiary/aromatic N) is 2. The first-order valence-corrected chi connectivity index (χ1v) is 8.84. The van der Waals surface area contributed by atoms with Crippen molar-refractivity contribution in [3.05, 3.63) is 72.2 Å². The van der Waals surface area contributed by atoms with Gasteiger partial charge in [0, 0.05) is 30.3 Å². The summed E-state index contributed by atoms with van der Waals surface area (Å²) < 4.78 is 15.0. The molecule has 1 N–H and O–H groups in total. The van der Waals surface area contributed by atoms with Gasteiger partial charge >= 0.3 is 0 Å². The van der Waals surface area contributed by atoms with E-state index in [-0.39, 0.29) is 11.7 Å². The van der Waals surface area contributed by atoms with E-state index in [0.717, 1.165) is 35.3 Å². The number of hydrogen-bond donors (Lipinski definition) is 1. The van der Waals surface area contributed by atoms with Crippen LogP contribution in [0.4, 0.5) is 4.39 Å². The van der Waals surface area contributed by atoms with E-state index < -0.39 is 0 Å². The Morgan fingerprint density at radius 2 is 1.85 bits per heavy atom. The molecule has 0 aliphatic heterocycles. The SMILES string of the molecule is CCCCC(=O)NCc1cn(-c2ccccc2)nc1-c1ccc(F)cc1. The number of halogens is 1. The second-order valence-electron chi connectivity index (χ2n) is 6.17. The Hall–Kier alpha value is -2.95. The summed E-state index contributed by atoms with van der Waals surface area (Å²) in [6, 6.07) is 16.0. The van der Waals surface area contributed by atoms with Gasteiger partial charge in [0.05, 0.1) is 11.4 Å². The summed E-state index contributed by atoms with van der Waals surface area (Å²) in [5.74, 6) is -0.255. The third kappa shape index (κ3) is 4.36. The highest BCUT2D eigenvalue weighted by molar-refractivity contribution is 5.76. The van der Waals surface area contributed by atoms with E-state index >= 15 is 0 Å². The number of nitrogens with one attached hydrogen (secondary N) is 1. The van der Waals surface area contributed by atoms with E-state index in [2.05, 4.69) is 17.3 Å². The minimum Gasteiger partial charge on any atom is -0.352 e. The van der Waals surface area contributed by atoms with Gasteiger partial charge in [0.25, 0.3) is 0 Å². The molecular weight excluding hydrogens is 329 g/mol. The number of hydrogen-bond acceptors (Lipinski definition) is 2. The van der Waals surface area contributed by atoms with Crippen LogP contribution in [0.3, 0.4) is 0 Å².